The van der Waals surface area contributed by atoms with Gasteiger partial charge in [0.2, 0.25) is 5.91 Å². The second-order valence-electron chi connectivity index (χ2n) is 2.60. The number of amides is 1. The summed E-state index contributed by atoms with van der Waals surface area (Å²) < 4.78 is 5.02. The first-order chi connectivity index (χ1) is 6.81. The van der Waals surface area contributed by atoms with Gasteiger partial charge in [-0.05, 0) is 18.9 Å². The molecule has 1 amide bonds. The van der Waals surface area contributed by atoms with Crippen molar-refractivity contribution in [3.8, 4) is 0 Å². The molecule has 14 heavy (non-hydrogen) atoms. The van der Waals surface area contributed by atoms with Crippen LogP contribution >= 0.6 is 0 Å². The van der Waals surface area contributed by atoms with Gasteiger partial charge >= 0.3 is 0 Å². The summed E-state index contributed by atoms with van der Waals surface area (Å²) in [6.07, 6.45) is 1.06. The molecule has 6 heteroatoms. The Bertz CT molecular complexity index is 202. The molecule has 0 spiro atoms. The van der Waals surface area contributed by atoms with E-state index in [0.717, 1.165) is 0 Å². The van der Waals surface area contributed by atoms with Gasteiger partial charge in [-0.1, -0.05) is 5.11 Å². The van der Waals surface area contributed by atoms with Crippen LogP contribution in [-0.2, 0) is 9.53 Å². The summed E-state index contributed by atoms with van der Waals surface area (Å²) in [6, 6.07) is 0. The molecular formula is C8H16N4O2. The van der Waals surface area contributed by atoms with Crippen LogP contribution in [0.1, 0.15) is 19.8 Å². The minimum atomic E-state index is -0.0283. The van der Waals surface area contributed by atoms with Crippen molar-refractivity contribution >= 4 is 5.91 Å². The van der Waals surface area contributed by atoms with Gasteiger partial charge in [0.25, 0.3) is 0 Å². The summed E-state index contributed by atoms with van der Waals surface area (Å²) in [4.78, 5) is 13.7. The van der Waals surface area contributed by atoms with Gasteiger partial charge < -0.3 is 10.1 Å². The average Bonchev–Trinajstić information content (AvgIpc) is 2.18. The number of hydrogen-bond acceptors (Lipinski definition) is 3. The highest BCUT2D eigenvalue weighted by molar-refractivity contribution is 5.75. The van der Waals surface area contributed by atoms with Gasteiger partial charge in [-0.2, -0.15) is 0 Å². The van der Waals surface area contributed by atoms with Crippen LogP contribution in [0.3, 0.4) is 0 Å². The maximum absolute atomic E-state index is 11.1. The van der Waals surface area contributed by atoms with Crippen LogP contribution in [0.15, 0.2) is 5.11 Å². The van der Waals surface area contributed by atoms with Gasteiger partial charge in [0.1, 0.15) is 0 Å². The Morgan fingerprint density at radius 2 is 2.43 bits per heavy atom. The van der Waals surface area contributed by atoms with Crippen molar-refractivity contribution in [3.05, 3.63) is 10.4 Å². The predicted octanol–water partition coefficient (Wildman–Crippen LogP) is 1.23. The normalized spacial score (nSPS) is 9.21. The zero-order valence-corrected chi connectivity index (χ0v) is 8.40. The smallest absolute Gasteiger partial charge is 0.222 e. The molecule has 0 saturated carbocycles. The molecular weight excluding hydrogens is 184 g/mol. The number of nitrogens with zero attached hydrogens (tertiary/aromatic N) is 3. The molecule has 0 aliphatic carbocycles. The maximum Gasteiger partial charge on any atom is 0.222 e. The van der Waals surface area contributed by atoms with Crippen molar-refractivity contribution in [3.63, 3.8) is 0 Å². The number of ether oxygens (including phenoxy) is 1. The number of nitrogens with one attached hydrogen (secondary N) is 1. The third-order valence-corrected chi connectivity index (χ3v) is 1.50. The lowest BCUT2D eigenvalue weighted by Crippen LogP contribution is -2.25. The largest absolute Gasteiger partial charge is 0.381 e. The van der Waals surface area contributed by atoms with E-state index in [9.17, 15) is 4.79 Å². The molecule has 0 bridgehead atoms. The first kappa shape index (κ1) is 12.7. The lowest BCUT2D eigenvalue weighted by molar-refractivity contribution is -0.122. The Morgan fingerprint density at radius 3 is 3.07 bits per heavy atom. The molecule has 6 nitrogen and oxygen atoms in total. The SMILES string of the molecule is CCOCCC(=O)NCCCN=[N+]=[N-]. The van der Waals surface area contributed by atoms with E-state index in [2.05, 4.69) is 15.3 Å². The third-order valence-electron chi connectivity index (χ3n) is 1.50. The summed E-state index contributed by atoms with van der Waals surface area (Å²) in [5.74, 6) is -0.0283. The van der Waals surface area contributed by atoms with E-state index in [0.29, 0.717) is 39.1 Å². The molecule has 0 aliphatic rings. The average molecular weight is 200 g/mol. The molecule has 0 heterocycles. The monoisotopic (exact) mass is 200 g/mol. The van der Waals surface area contributed by atoms with E-state index >= 15 is 0 Å². The highest BCUT2D eigenvalue weighted by Crippen LogP contribution is 1.84. The second kappa shape index (κ2) is 9.83. The summed E-state index contributed by atoms with van der Waals surface area (Å²) in [7, 11) is 0. The molecule has 0 aromatic rings. The standard InChI is InChI=1S/C8H16N4O2/c1-2-14-7-4-8(13)10-5-3-6-11-12-9/h2-7H2,1H3,(H,10,13). The van der Waals surface area contributed by atoms with Gasteiger partial charge in [0.05, 0.1) is 6.61 Å². The van der Waals surface area contributed by atoms with Crippen molar-refractivity contribution in [2.24, 2.45) is 5.11 Å². The molecule has 0 rings (SSSR count). The molecule has 0 atom stereocenters. The van der Waals surface area contributed by atoms with Gasteiger partial charge in [0, 0.05) is 31.0 Å². The third kappa shape index (κ3) is 8.83. The highest BCUT2D eigenvalue weighted by atomic mass is 16.5. The van der Waals surface area contributed by atoms with E-state index in [-0.39, 0.29) is 5.91 Å². The van der Waals surface area contributed by atoms with Crippen molar-refractivity contribution in [1.82, 2.24) is 5.32 Å². The van der Waals surface area contributed by atoms with Crippen molar-refractivity contribution in [2.45, 2.75) is 19.8 Å². The molecule has 0 aromatic carbocycles. The van der Waals surface area contributed by atoms with Crippen molar-refractivity contribution < 1.29 is 9.53 Å². The second-order valence-corrected chi connectivity index (χ2v) is 2.60. The minimum absolute atomic E-state index is 0.0283. The van der Waals surface area contributed by atoms with Crippen LogP contribution in [0, 0.1) is 0 Å². The number of carbonyl (C=O) groups is 1. The van der Waals surface area contributed by atoms with Gasteiger partial charge in [0.15, 0.2) is 0 Å². The molecule has 0 fully saturated rings. The van der Waals surface area contributed by atoms with E-state index < -0.39 is 0 Å². The van der Waals surface area contributed by atoms with Crippen molar-refractivity contribution in [2.75, 3.05) is 26.3 Å². The molecule has 1 N–H and O–H groups in total. The van der Waals surface area contributed by atoms with Crippen LogP contribution in [-0.4, -0.2) is 32.2 Å². The van der Waals surface area contributed by atoms with E-state index in [1.54, 1.807) is 0 Å². The first-order valence-electron chi connectivity index (χ1n) is 4.66. The highest BCUT2D eigenvalue weighted by Gasteiger charge is 1.98. The van der Waals surface area contributed by atoms with Gasteiger partial charge in [-0.25, -0.2) is 0 Å². The predicted molar refractivity (Wildman–Crippen MR) is 52.7 cm³/mol. The van der Waals surface area contributed by atoms with Crippen LogP contribution in [0.2, 0.25) is 0 Å². The molecule has 0 radical (unpaired) electrons. The Hall–Kier alpha value is -1.26. The quantitative estimate of drug-likeness (QED) is 0.276. The Kier molecular flexibility index (Phi) is 8.94. The Morgan fingerprint density at radius 1 is 1.64 bits per heavy atom. The van der Waals surface area contributed by atoms with Crippen LogP contribution in [0.5, 0.6) is 0 Å². The molecule has 0 saturated heterocycles. The van der Waals surface area contributed by atoms with Crippen LogP contribution in [0.4, 0.5) is 0 Å². The fourth-order valence-corrected chi connectivity index (χ4v) is 0.820. The number of azide groups is 1. The zero-order chi connectivity index (χ0) is 10.6. The van der Waals surface area contributed by atoms with Gasteiger partial charge in [-0.3, -0.25) is 4.79 Å². The Balaban J connectivity index is 3.22. The molecule has 0 aromatic heterocycles. The van der Waals surface area contributed by atoms with Crippen molar-refractivity contribution in [1.29, 1.82) is 0 Å². The lowest BCUT2D eigenvalue weighted by Gasteiger charge is -2.03. The van der Waals surface area contributed by atoms with E-state index in [1.165, 1.54) is 0 Å². The Labute approximate surface area is 83.3 Å². The number of hydrogen-bond donors (Lipinski definition) is 1. The topological polar surface area (TPSA) is 87.1 Å². The van der Waals surface area contributed by atoms with E-state index in [1.807, 2.05) is 6.92 Å². The maximum atomic E-state index is 11.1. The minimum Gasteiger partial charge on any atom is -0.381 e. The molecule has 80 valence electrons. The summed E-state index contributed by atoms with van der Waals surface area (Å²) in [6.45, 7) is 3.94. The fourth-order valence-electron chi connectivity index (χ4n) is 0.820. The summed E-state index contributed by atoms with van der Waals surface area (Å²) >= 11 is 0. The fraction of sp³-hybridized carbons (Fsp3) is 0.875. The zero-order valence-electron chi connectivity index (χ0n) is 8.40. The molecule has 0 aliphatic heterocycles. The van der Waals surface area contributed by atoms with Crippen LogP contribution in [0.25, 0.3) is 10.4 Å². The van der Waals surface area contributed by atoms with E-state index in [4.69, 9.17) is 10.3 Å². The number of rotatable bonds is 8. The lowest BCUT2D eigenvalue weighted by atomic mass is 10.4. The van der Waals surface area contributed by atoms with Gasteiger partial charge in [-0.15, -0.1) is 0 Å². The first-order valence-corrected chi connectivity index (χ1v) is 4.66. The molecule has 0 unspecified atom stereocenters. The number of carbonyl (C=O) groups excluding carboxylic acids is 1. The summed E-state index contributed by atoms with van der Waals surface area (Å²) in [5.41, 5.74) is 7.97. The van der Waals surface area contributed by atoms with Crippen LogP contribution < -0.4 is 5.32 Å². The summed E-state index contributed by atoms with van der Waals surface area (Å²) in [5, 5.41) is 6.05.